The molecule has 1 aromatic heterocycles. The van der Waals surface area contributed by atoms with Crippen LogP contribution in [0, 0.1) is 6.92 Å². The second-order valence-electron chi connectivity index (χ2n) is 6.65. The SMILES string of the molecule is Cc1cccc(OCCCNC(=O)CCCCc2nc3ccccc3s2)c1. The summed E-state index contributed by atoms with van der Waals surface area (Å²) in [5, 5.41) is 4.13. The van der Waals surface area contributed by atoms with E-state index in [2.05, 4.69) is 16.4 Å². The predicted octanol–water partition coefficient (Wildman–Crippen LogP) is 4.90. The van der Waals surface area contributed by atoms with Crippen molar-refractivity contribution in [2.45, 2.75) is 39.0 Å². The molecule has 0 unspecified atom stereocenters. The van der Waals surface area contributed by atoms with Crippen LogP contribution in [0.15, 0.2) is 48.5 Å². The highest BCUT2D eigenvalue weighted by atomic mass is 32.1. The summed E-state index contributed by atoms with van der Waals surface area (Å²) in [4.78, 5) is 16.5. The van der Waals surface area contributed by atoms with E-state index in [1.54, 1.807) is 11.3 Å². The maximum Gasteiger partial charge on any atom is 0.219 e. The van der Waals surface area contributed by atoms with Gasteiger partial charge in [0.1, 0.15) is 5.75 Å². The molecule has 0 radical (unpaired) electrons. The molecule has 0 bridgehead atoms. The van der Waals surface area contributed by atoms with Crippen molar-refractivity contribution in [3.63, 3.8) is 0 Å². The van der Waals surface area contributed by atoms with Crippen molar-refractivity contribution < 1.29 is 9.53 Å². The summed E-state index contributed by atoms with van der Waals surface area (Å²) in [5.41, 5.74) is 2.26. The van der Waals surface area contributed by atoms with Crippen molar-refractivity contribution in [2.75, 3.05) is 13.2 Å². The van der Waals surface area contributed by atoms with Gasteiger partial charge in [-0.15, -0.1) is 11.3 Å². The Labute approximate surface area is 164 Å². The van der Waals surface area contributed by atoms with Crippen LogP contribution in [0.4, 0.5) is 0 Å². The fourth-order valence-electron chi connectivity index (χ4n) is 2.87. The van der Waals surface area contributed by atoms with Crippen LogP contribution >= 0.6 is 11.3 Å². The molecule has 0 fully saturated rings. The number of unbranched alkanes of at least 4 members (excludes halogenated alkanes) is 1. The summed E-state index contributed by atoms with van der Waals surface area (Å²) in [6.07, 6.45) is 4.21. The van der Waals surface area contributed by atoms with Gasteiger partial charge in [-0.05, 0) is 62.4 Å². The second kappa shape index (κ2) is 10.1. The summed E-state index contributed by atoms with van der Waals surface area (Å²) in [6, 6.07) is 16.2. The van der Waals surface area contributed by atoms with Gasteiger partial charge in [0, 0.05) is 13.0 Å². The first-order valence-electron chi connectivity index (χ1n) is 9.51. The van der Waals surface area contributed by atoms with E-state index in [1.807, 2.05) is 49.4 Å². The number of nitrogens with one attached hydrogen (secondary N) is 1. The summed E-state index contributed by atoms with van der Waals surface area (Å²) < 4.78 is 6.92. The average molecular weight is 383 g/mol. The van der Waals surface area contributed by atoms with Gasteiger partial charge in [-0.25, -0.2) is 4.98 Å². The molecule has 1 amide bonds. The molecule has 1 heterocycles. The maximum absolute atomic E-state index is 11.9. The molecule has 0 saturated carbocycles. The van der Waals surface area contributed by atoms with E-state index >= 15 is 0 Å². The molecule has 0 aliphatic carbocycles. The van der Waals surface area contributed by atoms with E-state index in [-0.39, 0.29) is 5.91 Å². The predicted molar refractivity (Wildman–Crippen MR) is 111 cm³/mol. The molecule has 27 heavy (non-hydrogen) atoms. The van der Waals surface area contributed by atoms with E-state index in [0.29, 0.717) is 19.6 Å². The number of nitrogens with zero attached hydrogens (tertiary/aromatic N) is 1. The lowest BCUT2D eigenvalue weighted by atomic mass is 10.2. The minimum atomic E-state index is 0.120. The number of hydrogen-bond acceptors (Lipinski definition) is 4. The van der Waals surface area contributed by atoms with Crippen molar-refractivity contribution >= 4 is 27.5 Å². The molecule has 0 spiro atoms. The van der Waals surface area contributed by atoms with Crippen LogP contribution in [-0.4, -0.2) is 24.0 Å². The first kappa shape index (κ1) is 19.4. The van der Waals surface area contributed by atoms with E-state index in [0.717, 1.165) is 42.0 Å². The van der Waals surface area contributed by atoms with E-state index in [4.69, 9.17) is 4.74 Å². The van der Waals surface area contributed by atoms with E-state index in [9.17, 15) is 4.79 Å². The molecule has 5 heteroatoms. The zero-order valence-electron chi connectivity index (χ0n) is 15.7. The zero-order chi connectivity index (χ0) is 18.9. The van der Waals surface area contributed by atoms with Crippen molar-refractivity contribution in [1.82, 2.24) is 10.3 Å². The normalized spacial score (nSPS) is 10.9. The lowest BCUT2D eigenvalue weighted by Gasteiger charge is -2.08. The van der Waals surface area contributed by atoms with Crippen LogP contribution in [0.5, 0.6) is 5.75 Å². The van der Waals surface area contributed by atoms with Gasteiger partial charge >= 0.3 is 0 Å². The smallest absolute Gasteiger partial charge is 0.219 e. The fraction of sp³-hybridized carbons (Fsp3) is 0.364. The van der Waals surface area contributed by atoms with Crippen LogP contribution in [0.1, 0.15) is 36.3 Å². The Morgan fingerprint density at radius 3 is 2.85 bits per heavy atom. The first-order chi connectivity index (χ1) is 13.2. The Kier molecular flexibility index (Phi) is 7.22. The van der Waals surface area contributed by atoms with Gasteiger partial charge in [0.15, 0.2) is 0 Å². The van der Waals surface area contributed by atoms with Crippen LogP contribution in [0.2, 0.25) is 0 Å². The molecular formula is C22H26N2O2S. The van der Waals surface area contributed by atoms with Gasteiger partial charge in [-0.3, -0.25) is 4.79 Å². The quantitative estimate of drug-likeness (QED) is 0.507. The van der Waals surface area contributed by atoms with Crippen molar-refractivity contribution in [1.29, 1.82) is 0 Å². The number of para-hydroxylation sites is 1. The molecular weight excluding hydrogens is 356 g/mol. The number of amides is 1. The van der Waals surface area contributed by atoms with Crippen molar-refractivity contribution in [3.05, 3.63) is 59.1 Å². The number of aromatic nitrogens is 1. The standard InChI is InChI=1S/C22H26N2O2S/c1-17-8-6-9-18(16-17)26-15-7-14-23-21(25)12-4-5-13-22-24-19-10-2-3-11-20(19)27-22/h2-3,6,8-11,16H,4-5,7,12-15H2,1H3,(H,23,25). The Morgan fingerprint density at radius 2 is 2.00 bits per heavy atom. The molecule has 0 saturated heterocycles. The molecule has 142 valence electrons. The maximum atomic E-state index is 11.9. The number of benzene rings is 2. The third-order valence-electron chi connectivity index (χ3n) is 4.28. The molecule has 0 aliphatic heterocycles. The van der Waals surface area contributed by atoms with Gasteiger partial charge in [0.25, 0.3) is 0 Å². The number of carbonyl (C=O) groups excluding carboxylic acids is 1. The summed E-state index contributed by atoms with van der Waals surface area (Å²) in [5.74, 6) is 1.01. The number of ether oxygens (including phenoxy) is 1. The van der Waals surface area contributed by atoms with Crippen LogP contribution < -0.4 is 10.1 Å². The van der Waals surface area contributed by atoms with Gasteiger partial charge in [0.2, 0.25) is 5.91 Å². The highest BCUT2D eigenvalue weighted by Gasteiger charge is 2.05. The third kappa shape index (κ3) is 6.36. The summed E-state index contributed by atoms with van der Waals surface area (Å²) in [6.45, 7) is 3.31. The van der Waals surface area contributed by atoms with Gasteiger partial charge in [-0.1, -0.05) is 24.3 Å². The Balaban J connectivity index is 1.24. The number of hydrogen-bond donors (Lipinski definition) is 1. The lowest BCUT2D eigenvalue weighted by Crippen LogP contribution is -2.25. The third-order valence-corrected chi connectivity index (χ3v) is 5.38. The number of rotatable bonds is 10. The first-order valence-corrected chi connectivity index (χ1v) is 10.3. The zero-order valence-corrected chi connectivity index (χ0v) is 16.6. The molecule has 3 aromatic rings. The van der Waals surface area contributed by atoms with Crippen LogP contribution in [0.25, 0.3) is 10.2 Å². The largest absolute Gasteiger partial charge is 0.494 e. The molecule has 4 nitrogen and oxygen atoms in total. The second-order valence-corrected chi connectivity index (χ2v) is 7.77. The number of aryl methyl sites for hydroxylation is 2. The fourth-order valence-corrected chi connectivity index (χ4v) is 3.88. The Hall–Kier alpha value is -2.40. The number of thiazole rings is 1. The molecule has 0 aliphatic rings. The van der Waals surface area contributed by atoms with Crippen LogP contribution in [0.3, 0.4) is 0 Å². The minimum Gasteiger partial charge on any atom is -0.494 e. The van der Waals surface area contributed by atoms with Crippen molar-refractivity contribution in [3.8, 4) is 5.75 Å². The summed E-state index contributed by atoms with van der Waals surface area (Å²) in [7, 11) is 0. The lowest BCUT2D eigenvalue weighted by molar-refractivity contribution is -0.121. The Bertz CT molecular complexity index is 842. The highest BCUT2D eigenvalue weighted by Crippen LogP contribution is 2.22. The molecule has 0 atom stereocenters. The number of fused-ring (bicyclic) bond motifs is 1. The average Bonchev–Trinajstić information content (AvgIpc) is 3.08. The Morgan fingerprint density at radius 1 is 1.11 bits per heavy atom. The van der Waals surface area contributed by atoms with E-state index in [1.165, 1.54) is 10.3 Å². The monoisotopic (exact) mass is 382 g/mol. The molecule has 3 rings (SSSR count). The minimum absolute atomic E-state index is 0.120. The van der Waals surface area contributed by atoms with Gasteiger partial charge < -0.3 is 10.1 Å². The number of carbonyl (C=O) groups is 1. The van der Waals surface area contributed by atoms with Gasteiger partial charge in [0.05, 0.1) is 21.8 Å². The van der Waals surface area contributed by atoms with Crippen LogP contribution in [-0.2, 0) is 11.2 Å². The van der Waals surface area contributed by atoms with Crippen molar-refractivity contribution in [2.24, 2.45) is 0 Å². The summed E-state index contributed by atoms with van der Waals surface area (Å²) >= 11 is 1.75. The topological polar surface area (TPSA) is 51.2 Å². The van der Waals surface area contributed by atoms with Gasteiger partial charge in [-0.2, -0.15) is 0 Å². The van der Waals surface area contributed by atoms with E-state index < -0.39 is 0 Å². The highest BCUT2D eigenvalue weighted by molar-refractivity contribution is 7.18. The molecule has 2 aromatic carbocycles. The molecule has 1 N–H and O–H groups in total.